The molecule has 3 aromatic heterocycles. The first kappa shape index (κ1) is 42.1. The Hall–Kier alpha value is -5.50. The summed E-state index contributed by atoms with van der Waals surface area (Å²) in [4.78, 5) is 61.6. The van der Waals surface area contributed by atoms with Crippen molar-refractivity contribution in [2.24, 2.45) is 0 Å². The number of aromatic nitrogens is 3. The van der Waals surface area contributed by atoms with Gasteiger partial charge in [0.1, 0.15) is 11.2 Å². The molecule has 1 saturated heterocycles. The number of halogens is 2. The van der Waals surface area contributed by atoms with Gasteiger partial charge in [-0.25, -0.2) is 14.8 Å². The zero-order valence-electron chi connectivity index (χ0n) is 33.5. The van der Waals surface area contributed by atoms with Gasteiger partial charge in [0.15, 0.2) is 0 Å². The predicted octanol–water partition coefficient (Wildman–Crippen LogP) is 7.04. The Labute approximate surface area is 347 Å². The average Bonchev–Trinajstić information content (AvgIpc) is 3.60. The number of methoxy groups -OCH3 is 1. The van der Waals surface area contributed by atoms with E-state index in [0.717, 1.165) is 5.56 Å². The minimum Gasteiger partial charge on any atom is -0.481 e. The van der Waals surface area contributed by atoms with Gasteiger partial charge in [0.25, 0.3) is 5.56 Å². The van der Waals surface area contributed by atoms with Crippen LogP contribution in [0.15, 0.2) is 77.7 Å². The third kappa shape index (κ3) is 9.44. The lowest BCUT2D eigenvalue weighted by Gasteiger charge is -2.29. The van der Waals surface area contributed by atoms with Crippen LogP contribution in [0.5, 0.6) is 5.88 Å². The molecule has 0 spiro atoms. The molecule has 58 heavy (non-hydrogen) atoms. The fourth-order valence-electron chi connectivity index (χ4n) is 6.75. The van der Waals surface area contributed by atoms with Gasteiger partial charge in [-0.3, -0.25) is 24.1 Å². The Kier molecular flexibility index (Phi) is 12.5. The first-order valence-electron chi connectivity index (χ1n) is 18.9. The molecule has 1 aliphatic heterocycles. The Morgan fingerprint density at radius 2 is 1.60 bits per heavy atom. The molecule has 0 unspecified atom stereocenters. The Bertz CT molecular complexity index is 2450. The van der Waals surface area contributed by atoms with E-state index in [4.69, 9.17) is 42.6 Å². The van der Waals surface area contributed by atoms with Crippen molar-refractivity contribution in [2.45, 2.75) is 77.7 Å². The van der Waals surface area contributed by atoms with Crippen LogP contribution in [0.1, 0.15) is 58.7 Å². The molecule has 0 aliphatic carbocycles. The van der Waals surface area contributed by atoms with E-state index in [1.165, 1.54) is 17.6 Å². The van der Waals surface area contributed by atoms with E-state index in [1.807, 2.05) is 48.5 Å². The number of likely N-dealkylation sites (N-methyl/N-ethyl adjacent to an activating group) is 1. The quantitative estimate of drug-likeness (QED) is 0.120. The molecule has 2 aromatic carbocycles. The van der Waals surface area contributed by atoms with E-state index < -0.39 is 17.2 Å². The molecule has 1 aliphatic rings. The number of pyridine rings is 2. The first-order chi connectivity index (χ1) is 27.5. The number of carbonyl (C=O) groups is 3. The van der Waals surface area contributed by atoms with Crippen LogP contribution in [-0.2, 0) is 27.4 Å². The summed E-state index contributed by atoms with van der Waals surface area (Å²) < 4.78 is 12.9. The summed E-state index contributed by atoms with van der Waals surface area (Å²) in [6.45, 7) is 9.53. The lowest BCUT2D eigenvalue weighted by molar-refractivity contribution is -0.126. The van der Waals surface area contributed by atoms with Crippen molar-refractivity contribution in [1.82, 2.24) is 35.2 Å². The Morgan fingerprint density at radius 1 is 0.931 bits per heavy atom. The number of nitrogens with zero attached hydrogens (tertiary/aromatic N) is 4. The summed E-state index contributed by atoms with van der Waals surface area (Å²) in [5, 5.41) is 9.58. The lowest BCUT2D eigenvalue weighted by atomic mass is 9.97. The molecule has 1 atom stereocenters. The van der Waals surface area contributed by atoms with Crippen LogP contribution >= 0.6 is 23.2 Å². The zero-order chi connectivity index (χ0) is 41.9. The zero-order valence-corrected chi connectivity index (χ0v) is 35.0. The smallest absolute Gasteiger partial charge is 0.410 e. The molecule has 0 bridgehead atoms. The van der Waals surface area contributed by atoms with Crippen molar-refractivity contribution >= 4 is 46.8 Å². The SMILES string of the molecule is CNC(=O)C(C)(C)NCc1cc(=O)n2ccc(-c3cccc(-c4cccc(-c5ccc(CN(C[C@@H]6CCC(=O)N6)C(=O)OC(C)(C)C)c(OC)n5)c4Cl)c3Cl)cc2n1. The molecule has 5 aromatic rings. The Morgan fingerprint density at radius 3 is 2.24 bits per heavy atom. The van der Waals surface area contributed by atoms with Crippen molar-refractivity contribution in [2.75, 3.05) is 20.7 Å². The van der Waals surface area contributed by atoms with Gasteiger partial charge in [0, 0.05) is 72.7 Å². The van der Waals surface area contributed by atoms with Gasteiger partial charge in [-0.1, -0.05) is 59.6 Å². The highest BCUT2D eigenvalue weighted by Gasteiger charge is 2.30. The summed E-state index contributed by atoms with van der Waals surface area (Å²) in [5.74, 6) is 0.0765. The van der Waals surface area contributed by atoms with Crippen molar-refractivity contribution in [1.29, 1.82) is 0 Å². The van der Waals surface area contributed by atoms with Gasteiger partial charge < -0.3 is 25.0 Å². The van der Waals surface area contributed by atoms with E-state index in [2.05, 4.69) is 16.0 Å². The predicted molar refractivity (Wildman–Crippen MR) is 225 cm³/mol. The topological polar surface area (TPSA) is 156 Å². The summed E-state index contributed by atoms with van der Waals surface area (Å²) in [6.07, 6.45) is 2.18. The number of rotatable bonds is 12. The molecule has 3 amide bonds. The number of nitrogens with one attached hydrogen (secondary N) is 3. The minimum atomic E-state index is -0.872. The van der Waals surface area contributed by atoms with Gasteiger partial charge in [-0.05, 0) is 70.9 Å². The van der Waals surface area contributed by atoms with Crippen LogP contribution in [0.3, 0.4) is 0 Å². The molecule has 6 rings (SSSR count). The maximum atomic E-state index is 13.3. The largest absolute Gasteiger partial charge is 0.481 e. The van der Waals surface area contributed by atoms with Crippen molar-refractivity contribution in [3.63, 3.8) is 0 Å². The molecule has 0 radical (unpaired) electrons. The number of fused-ring (bicyclic) bond motifs is 1. The molecule has 3 N–H and O–H groups in total. The van der Waals surface area contributed by atoms with Gasteiger partial charge in [0.2, 0.25) is 17.7 Å². The molecular weight excluding hydrogens is 781 g/mol. The van der Waals surface area contributed by atoms with E-state index >= 15 is 0 Å². The van der Waals surface area contributed by atoms with Crippen molar-refractivity contribution in [3.05, 3.63) is 105 Å². The second kappa shape index (κ2) is 17.2. The first-order valence-corrected chi connectivity index (χ1v) is 19.6. The fraction of sp³-hybridized carbons (Fsp3) is 0.349. The Balaban J connectivity index is 1.29. The highest BCUT2D eigenvalue weighted by molar-refractivity contribution is 6.39. The highest BCUT2D eigenvalue weighted by atomic mass is 35.5. The minimum absolute atomic E-state index is 0.0439. The van der Waals surface area contributed by atoms with E-state index in [-0.39, 0.29) is 43.0 Å². The van der Waals surface area contributed by atoms with Crippen LogP contribution < -0.4 is 26.2 Å². The van der Waals surface area contributed by atoms with Crippen LogP contribution in [0.4, 0.5) is 4.79 Å². The maximum Gasteiger partial charge on any atom is 0.410 e. The number of ether oxygens (including phenoxy) is 2. The van der Waals surface area contributed by atoms with Crippen LogP contribution in [0.2, 0.25) is 10.0 Å². The van der Waals surface area contributed by atoms with Crippen LogP contribution in [0, 0.1) is 0 Å². The second-order valence-corrected chi connectivity index (χ2v) is 16.4. The van der Waals surface area contributed by atoms with Crippen LogP contribution in [-0.4, -0.2) is 75.1 Å². The monoisotopic (exact) mass is 827 g/mol. The van der Waals surface area contributed by atoms with Gasteiger partial charge in [-0.15, -0.1) is 0 Å². The summed E-state index contributed by atoms with van der Waals surface area (Å²) in [7, 11) is 3.08. The van der Waals surface area contributed by atoms with E-state index in [1.54, 1.807) is 64.9 Å². The highest BCUT2D eigenvalue weighted by Crippen LogP contribution is 2.42. The fourth-order valence-corrected chi connectivity index (χ4v) is 7.41. The lowest BCUT2D eigenvalue weighted by Crippen LogP contribution is -2.51. The van der Waals surface area contributed by atoms with Crippen molar-refractivity contribution < 1.29 is 23.9 Å². The number of amides is 3. The van der Waals surface area contributed by atoms with Gasteiger partial charge >= 0.3 is 6.09 Å². The molecule has 15 heteroatoms. The third-order valence-electron chi connectivity index (χ3n) is 9.77. The number of hydrogen-bond acceptors (Lipinski definition) is 9. The molecular formula is C43H47Cl2N7O6. The normalized spacial score (nSPS) is 14.3. The van der Waals surface area contributed by atoms with E-state index in [9.17, 15) is 19.2 Å². The number of carbonyl (C=O) groups excluding carboxylic acids is 3. The molecule has 304 valence electrons. The summed E-state index contributed by atoms with van der Waals surface area (Å²) in [6, 6.07) is 19.8. The second-order valence-electron chi connectivity index (χ2n) is 15.7. The number of hydrogen-bond donors (Lipinski definition) is 3. The maximum absolute atomic E-state index is 13.3. The molecule has 13 nitrogen and oxygen atoms in total. The van der Waals surface area contributed by atoms with Crippen LogP contribution in [0.25, 0.3) is 39.2 Å². The third-order valence-corrected chi connectivity index (χ3v) is 10.6. The average molecular weight is 829 g/mol. The number of benzene rings is 2. The van der Waals surface area contributed by atoms with Gasteiger partial charge in [0.05, 0.1) is 40.6 Å². The van der Waals surface area contributed by atoms with Crippen molar-refractivity contribution in [3.8, 4) is 39.4 Å². The standard InChI is InChI=1S/C43H47Cl2N7O6/c1-42(2,3)58-41(56)51(24-27-15-17-35(53)49-27)23-26-14-16-33(50-39(26)57-7)32-13-9-12-31(38(32)45)30-11-8-10-29(37(30)44)25-18-19-52-34(20-25)48-28(21-36(52)54)22-47-43(4,5)40(55)46-6/h8-14,16,18-21,27,47H,15,17,22-24H2,1-7H3,(H,46,55)(H,49,53)/t27-/m0/s1. The summed E-state index contributed by atoms with van der Waals surface area (Å²) >= 11 is 14.3. The molecule has 0 saturated carbocycles. The van der Waals surface area contributed by atoms with Gasteiger partial charge in [-0.2, -0.15) is 0 Å². The van der Waals surface area contributed by atoms with E-state index in [0.29, 0.717) is 73.6 Å². The molecule has 1 fully saturated rings. The molecule has 4 heterocycles. The summed E-state index contributed by atoms with van der Waals surface area (Å²) in [5.41, 5.74) is 3.69.